The van der Waals surface area contributed by atoms with E-state index in [2.05, 4.69) is 18.3 Å². The molecule has 0 bridgehead atoms. The molecule has 2 aliphatic rings. The Morgan fingerprint density at radius 1 is 1.56 bits per heavy atom. The van der Waals surface area contributed by atoms with Gasteiger partial charge in [0.25, 0.3) is 0 Å². The van der Waals surface area contributed by atoms with Crippen LogP contribution in [0.15, 0.2) is 16.7 Å². The second-order valence-corrected chi connectivity index (χ2v) is 5.37. The highest BCUT2D eigenvalue weighted by atomic mass is 16.3. The van der Waals surface area contributed by atoms with Crippen LogP contribution in [-0.4, -0.2) is 13.1 Å². The topological polar surface area (TPSA) is 25.2 Å². The fraction of sp³-hybridized carbons (Fsp3) is 0.714. The van der Waals surface area contributed by atoms with Crippen LogP contribution in [0.25, 0.3) is 0 Å². The normalized spacial score (nSPS) is 31.7. The maximum atomic E-state index is 5.59. The Balaban J connectivity index is 1.69. The lowest BCUT2D eigenvalue weighted by atomic mass is 9.82. The lowest BCUT2D eigenvalue weighted by Gasteiger charge is -2.22. The molecule has 2 nitrogen and oxygen atoms in total. The van der Waals surface area contributed by atoms with Crippen LogP contribution in [0.3, 0.4) is 0 Å². The van der Waals surface area contributed by atoms with Gasteiger partial charge in [-0.3, -0.25) is 0 Å². The molecule has 0 aromatic carbocycles. The van der Waals surface area contributed by atoms with Crippen molar-refractivity contribution in [1.29, 1.82) is 0 Å². The van der Waals surface area contributed by atoms with Gasteiger partial charge in [-0.2, -0.15) is 0 Å². The summed E-state index contributed by atoms with van der Waals surface area (Å²) in [5.41, 5.74) is 2.03. The molecular weight excluding hydrogens is 198 g/mol. The van der Waals surface area contributed by atoms with Crippen molar-refractivity contribution in [2.24, 2.45) is 5.92 Å². The average Bonchev–Trinajstić information content (AvgIpc) is 2.76. The molecule has 1 fully saturated rings. The minimum atomic E-state index is 0.501. The van der Waals surface area contributed by atoms with Gasteiger partial charge in [-0.25, -0.2) is 0 Å². The van der Waals surface area contributed by atoms with Gasteiger partial charge in [0.15, 0.2) is 0 Å². The number of aryl methyl sites for hydroxylation is 1. The first-order valence-corrected chi connectivity index (χ1v) is 6.64. The molecule has 2 unspecified atom stereocenters. The first-order chi connectivity index (χ1) is 7.87. The molecular formula is C14H21NO. The highest BCUT2D eigenvalue weighted by Crippen LogP contribution is 2.60. The van der Waals surface area contributed by atoms with E-state index in [4.69, 9.17) is 4.42 Å². The summed E-state index contributed by atoms with van der Waals surface area (Å²) in [6.45, 7) is 4.58. The van der Waals surface area contributed by atoms with Crippen molar-refractivity contribution < 1.29 is 4.42 Å². The highest BCUT2D eigenvalue weighted by Gasteiger charge is 2.56. The summed E-state index contributed by atoms with van der Waals surface area (Å²) >= 11 is 0. The second kappa shape index (κ2) is 3.92. The second-order valence-electron chi connectivity index (χ2n) is 5.37. The maximum absolute atomic E-state index is 5.59. The zero-order chi connectivity index (χ0) is 11.0. The smallest absolute Gasteiger partial charge is 0.107 e. The van der Waals surface area contributed by atoms with Gasteiger partial charge in [-0.05, 0) is 50.8 Å². The number of fused-ring (bicyclic) bond motifs is 2. The minimum Gasteiger partial charge on any atom is -0.469 e. The Morgan fingerprint density at radius 3 is 3.38 bits per heavy atom. The SMILES string of the molecule is CCCNCC1CC12CCCc1occc12. The van der Waals surface area contributed by atoms with Gasteiger partial charge in [-0.1, -0.05) is 6.92 Å². The lowest BCUT2D eigenvalue weighted by molar-refractivity contribution is 0.421. The zero-order valence-electron chi connectivity index (χ0n) is 10.1. The van der Waals surface area contributed by atoms with Crippen LogP contribution >= 0.6 is 0 Å². The predicted octanol–water partition coefficient (Wildman–Crippen LogP) is 2.87. The molecule has 2 atom stereocenters. The predicted molar refractivity (Wildman–Crippen MR) is 64.6 cm³/mol. The molecule has 2 heteroatoms. The molecule has 2 aliphatic carbocycles. The Labute approximate surface area is 97.4 Å². The van der Waals surface area contributed by atoms with Crippen molar-refractivity contribution in [1.82, 2.24) is 5.32 Å². The van der Waals surface area contributed by atoms with Crippen LogP contribution in [0.1, 0.15) is 43.9 Å². The van der Waals surface area contributed by atoms with Crippen molar-refractivity contribution in [3.05, 3.63) is 23.7 Å². The summed E-state index contributed by atoms with van der Waals surface area (Å²) in [6, 6.07) is 2.22. The van der Waals surface area contributed by atoms with E-state index < -0.39 is 0 Å². The molecule has 0 saturated heterocycles. The molecule has 88 valence electrons. The molecule has 16 heavy (non-hydrogen) atoms. The molecule has 1 aromatic rings. The maximum Gasteiger partial charge on any atom is 0.107 e. The van der Waals surface area contributed by atoms with Crippen LogP contribution < -0.4 is 5.32 Å². The lowest BCUT2D eigenvalue weighted by Crippen LogP contribution is -2.24. The van der Waals surface area contributed by atoms with Crippen molar-refractivity contribution in [2.75, 3.05) is 13.1 Å². The van der Waals surface area contributed by atoms with Crippen LogP contribution in [0, 0.1) is 5.92 Å². The van der Waals surface area contributed by atoms with Crippen molar-refractivity contribution >= 4 is 0 Å². The van der Waals surface area contributed by atoms with Gasteiger partial charge < -0.3 is 9.73 Å². The van der Waals surface area contributed by atoms with Gasteiger partial charge in [-0.15, -0.1) is 0 Å². The first kappa shape index (κ1) is 10.4. The third-order valence-corrected chi connectivity index (χ3v) is 4.36. The van der Waals surface area contributed by atoms with E-state index in [-0.39, 0.29) is 0 Å². The van der Waals surface area contributed by atoms with E-state index >= 15 is 0 Å². The van der Waals surface area contributed by atoms with Crippen LogP contribution in [-0.2, 0) is 11.8 Å². The Morgan fingerprint density at radius 2 is 2.50 bits per heavy atom. The van der Waals surface area contributed by atoms with E-state index in [1.165, 1.54) is 43.6 Å². The molecule has 0 aliphatic heterocycles. The molecule has 1 aromatic heterocycles. The molecule has 1 spiro atoms. The van der Waals surface area contributed by atoms with Gasteiger partial charge in [0.1, 0.15) is 5.76 Å². The van der Waals surface area contributed by atoms with Gasteiger partial charge in [0.2, 0.25) is 0 Å². The zero-order valence-corrected chi connectivity index (χ0v) is 10.1. The molecule has 3 rings (SSSR count). The minimum absolute atomic E-state index is 0.501. The molecule has 1 heterocycles. The number of hydrogen-bond acceptors (Lipinski definition) is 2. The van der Waals surface area contributed by atoms with Gasteiger partial charge >= 0.3 is 0 Å². The third-order valence-electron chi connectivity index (χ3n) is 4.36. The fourth-order valence-electron chi connectivity index (χ4n) is 3.41. The summed E-state index contributed by atoms with van der Waals surface area (Å²) in [4.78, 5) is 0. The van der Waals surface area contributed by atoms with Gasteiger partial charge in [0, 0.05) is 17.4 Å². The standard InChI is InChI=1S/C14H21NO/c1-2-7-15-10-11-9-14(11)6-3-4-13-12(14)5-8-16-13/h5,8,11,15H,2-4,6-7,9-10H2,1H3. The van der Waals surface area contributed by atoms with E-state index in [0.29, 0.717) is 5.41 Å². The third kappa shape index (κ3) is 1.51. The summed E-state index contributed by atoms with van der Waals surface area (Å²) in [6.07, 6.45) is 8.32. The monoisotopic (exact) mass is 219 g/mol. The van der Waals surface area contributed by atoms with E-state index in [1.807, 2.05) is 6.26 Å². The van der Waals surface area contributed by atoms with E-state index in [1.54, 1.807) is 0 Å². The summed E-state index contributed by atoms with van der Waals surface area (Å²) < 4.78 is 5.59. The molecule has 0 radical (unpaired) electrons. The molecule has 1 saturated carbocycles. The summed E-state index contributed by atoms with van der Waals surface area (Å²) in [5, 5.41) is 3.56. The van der Waals surface area contributed by atoms with Crippen molar-refractivity contribution in [3.8, 4) is 0 Å². The molecule has 1 N–H and O–H groups in total. The Kier molecular flexibility index (Phi) is 2.55. The largest absolute Gasteiger partial charge is 0.469 e. The fourth-order valence-corrected chi connectivity index (χ4v) is 3.41. The van der Waals surface area contributed by atoms with Crippen LogP contribution in [0.4, 0.5) is 0 Å². The summed E-state index contributed by atoms with van der Waals surface area (Å²) in [5.74, 6) is 2.12. The Hall–Kier alpha value is -0.760. The number of rotatable bonds is 4. The number of furan rings is 1. The number of hydrogen-bond donors (Lipinski definition) is 1. The van der Waals surface area contributed by atoms with Gasteiger partial charge in [0.05, 0.1) is 6.26 Å². The van der Waals surface area contributed by atoms with Crippen molar-refractivity contribution in [2.45, 2.75) is 44.4 Å². The van der Waals surface area contributed by atoms with Crippen LogP contribution in [0.5, 0.6) is 0 Å². The number of nitrogens with one attached hydrogen (secondary N) is 1. The van der Waals surface area contributed by atoms with E-state index in [0.717, 1.165) is 18.9 Å². The van der Waals surface area contributed by atoms with Crippen LogP contribution in [0.2, 0.25) is 0 Å². The quantitative estimate of drug-likeness (QED) is 0.788. The summed E-state index contributed by atoms with van der Waals surface area (Å²) in [7, 11) is 0. The van der Waals surface area contributed by atoms with Crippen molar-refractivity contribution in [3.63, 3.8) is 0 Å². The van der Waals surface area contributed by atoms with E-state index in [9.17, 15) is 0 Å². The first-order valence-electron chi connectivity index (χ1n) is 6.64. The average molecular weight is 219 g/mol. The highest BCUT2D eigenvalue weighted by molar-refractivity contribution is 5.38. The Bertz CT molecular complexity index is 371. The molecule has 0 amide bonds.